The number of piperidine rings is 1. The molecule has 1 N–H and O–H groups in total. The third-order valence-electron chi connectivity index (χ3n) is 6.00. The second-order valence-corrected chi connectivity index (χ2v) is 8.38. The molecule has 0 bridgehead atoms. The molecule has 0 radical (unpaired) electrons. The van der Waals surface area contributed by atoms with Crippen LogP contribution in [0.4, 0.5) is 0 Å². The first kappa shape index (κ1) is 17.3. The predicted octanol–water partition coefficient (Wildman–Crippen LogP) is 4.16. The summed E-state index contributed by atoms with van der Waals surface area (Å²) in [5.74, 6) is 3.57. The predicted molar refractivity (Wildman–Crippen MR) is 92.6 cm³/mol. The van der Waals surface area contributed by atoms with Crippen molar-refractivity contribution in [2.75, 3.05) is 19.6 Å². The molecule has 0 amide bonds. The van der Waals surface area contributed by atoms with Crippen molar-refractivity contribution in [2.45, 2.75) is 78.8 Å². The van der Waals surface area contributed by atoms with Gasteiger partial charge in [0.1, 0.15) is 0 Å². The van der Waals surface area contributed by atoms with Crippen molar-refractivity contribution in [3.05, 3.63) is 0 Å². The fraction of sp³-hybridized carbons (Fsp3) is 1.00. The van der Waals surface area contributed by atoms with Crippen LogP contribution in [0.1, 0.15) is 66.7 Å². The minimum atomic E-state index is 0.691. The maximum Gasteiger partial charge on any atom is 0.0131 e. The molecule has 2 rings (SSSR count). The van der Waals surface area contributed by atoms with Crippen molar-refractivity contribution < 1.29 is 0 Å². The first-order valence-corrected chi connectivity index (χ1v) is 9.45. The Morgan fingerprint density at radius 1 is 1.00 bits per heavy atom. The van der Waals surface area contributed by atoms with Gasteiger partial charge in [0.25, 0.3) is 0 Å². The Kier molecular flexibility index (Phi) is 6.55. The Labute approximate surface area is 133 Å². The van der Waals surface area contributed by atoms with Crippen molar-refractivity contribution in [1.29, 1.82) is 0 Å². The van der Waals surface area contributed by atoms with E-state index in [0.717, 1.165) is 29.7 Å². The van der Waals surface area contributed by atoms with E-state index in [1.54, 1.807) is 0 Å². The van der Waals surface area contributed by atoms with Gasteiger partial charge in [0.15, 0.2) is 0 Å². The van der Waals surface area contributed by atoms with Crippen LogP contribution in [0, 0.1) is 23.7 Å². The van der Waals surface area contributed by atoms with Crippen molar-refractivity contribution in [3.8, 4) is 0 Å². The van der Waals surface area contributed by atoms with E-state index >= 15 is 0 Å². The molecule has 21 heavy (non-hydrogen) atoms. The Hall–Kier alpha value is -0.0800. The Bertz CT molecular complexity index is 294. The van der Waals surface area contributed by atoms with Gasteiger partial charge in [-0.2, -0.15) is 0 Å². The van der Waals surface area contributed by atoms with Gasteiger partial charge in [0.2, 0.25) is 0 Å². The van der Waals surface area contributed by atoms with Crippen molar-refractivity contribution in [2.24, 2.45) is 23.7 Å². The molecule has 1 heterocycles. The van der Waals surface area contributed by atoms with Crippen LogP contribution in [0.15, 0.2) is 0 Å². The second-order valence-electron chi connectivity index (χ2n) is 8.38. The molecule has 0 aromatic rings. The van der Waals surface area contributed by atoms with Gasteiger partial charge in [-0.1, -0.05) is 27.2 Å². The summed E-state index contributed by atoms with van der Waals surface area (Å²) < 4.78 is 0. The molecule has 2 aliphatic rings. The Morgan fingerprint density at radius 2 is 1.67 bits per heavy atom. The van der Waals surface area contributed by atoms with Crippen LogP contribution in [0.2, 0.25) is 0 Å². The highest BCUT2D eigenvalue weighted by Gasteiger charge is 2.36. The van der Waals surface area contributed by atoms with E-state index in [-0.39, 0.29) is 0 Å². The fourth-order valence-corrected chi connectivity index (χ4v) is 4.62. The lowest BCUT2D eigenvalue weighted by molar-refractivity contribution is 0.0235. The molecule has 2 heteroatoms. The molecule has 2 fully saturated rings. The van der Waals surface area contributed by atoms with Crippen LogP contribution in [-0.2, 0) is 0 Å². The van der Waals surface area contributed by atoms with Crippen LogP contribution < -0.4 is 5.32 Å². The molecule has 124 valence electrons. The van der Waals surface area contributed by atoms with Crippen molar-refractivity contribution >= 4 is 0 Å². The summed E-state index contributed by atoms with van der Waals surface area (Å²) in [5.41, 5.74) is 0. The molecule has 1 aliphatic carbocycles. The minimum Gasteiger partial charge on any atom is -0.317 e. The van der Waals surface area contributed by atoms with Crippen LogP contribution in [0.5, 0.6) is 0 Å². The number of hydrogen-bond donors (Lipinski definition) is 1. The fourth-order valence-electron chi connectivity index (χ4n) is 4.62. The normalized spacial score (nSPS) is 32.3. The quantitative estimate of drug-likeness (QED) is 0.819. The monoisotopic (exact) mass is 294 g/mol. The van der Waals surface area contributed by atoms with Gasteiger partial charge in [-0.15, -0.1) is 0 Å². The highest BCUT2D eigenvalue weighted by molar-refractivity contribution is 4.90. The summed E-state index contributed by atoms with van der Waals surface area (Å²) in [6, 6.07) is 1.51. The van der Waals surface area contributed by atoms with Gasteiger partial charge in [-0.25, -0.2) is 0 Å². The summed E-state index contributed by atoms with van der Waals surface area (Å²) in [7, 11) is 0. The molecular weight excluding hydrogens is 256 g/mol. The average molecular weight is 295 g/mol. The average Bonchev–Trinajstić information content (AvgIpc) is 2.45. The Morgan fingerprint density at radius 3 is 2.24 bits per heavy atom. The third-order valence-corrected chi connectivity index (χ3v) is 6.00. The van der Waals surface area contributed by atoms with Gasteiger partial charge >= 0.3 is 0 Å². The van der Waals surface area contributed by atoms with Crippen LogP contribution >= 0.6 is 0 Å². The van der Waals surface area contributed by atoms with Crippen molar-refractivity contribution in [1.82, 2.24) is 10.2 Å². The largest absolute Gasteiger partial charge is 0.317 e. The minimum absolute atomic E-state index is 0.691. The van der Waals surface area contributed by atoms with E-state index in [0.29, 0.717) is 6.04 Å². The molecule has 2 nitrogen and oxygen atoms in total. The summed E-state index contributed by atoms with van der Waals surface area (Å²) in [6.07, 6.45) is 7.05. The zero-order valence-electron chi connectivity index (χ0n) is 15.1. The van der Waals surface area contributed by atoms with Crippen LogP contribution in [0.25, 0.3) is 0 Å². The van der Waals surface area contributed by atoms with Crippen LogP contribution in [-0.4, -0.2) is 36.6 Å². The molecule has 0 spiro atoms. The summed E-state index contributed by atoms with van der Waals surface area (Å²) in [6.45, 7) is 16.0. The molecule has 3 atom stereocenters. The molecule has 3 unspecified atom stereocenters. The maximum absolute atomic E-state index is 3.51. The van der Waals surface area contributed by atoms with E-state index in [2.05, 4.69) is 44.8 Å². The molecule has 1 saturated heterocycles. The molecule has 0 aromatic heterocycles. The van der Waals surface area contributed by atoms with E-state index in [9.17, 15) is 0 Å². The lowest BCUT2D eigenvalue weighted by Gasteiger charge is -2.47. The molecule has 1 saturated carbocycles. The third kappa shape index (κ3) is 4.69. The summed E-state index contributed by atoms with van der Waals surface area (Å²) in [5, 5.41) is 3.51. The second kappa shape index (κ2) is 7.97. The molecule has 1 aliphatic heterocycles. The summed E-state index contributed by atoms with van der Waals surface area (Å²) in [4.78, 5) is 2.89. The zero-order chi connectivity index (χ0) is 15.4. The van der Waals surface area contributed by atoms with Gasteiger partial charge in [-0.05, 0) is 76.3 Å². The standard InChI is InChI=1S/C19H38N2/c1-14(2)18-7-6-16(5)12-19(18)21(15(3)4)13-17-8-10-20-11-9-17/h14-20H,6-13H2,1-5H3. The smallest absolute Gasteiger partial charge is 0.0131 e. The van der Waals surface area contributed by atoms with E-state index < -0.39 is 0 Å². The SMILES string of the molecule is CC1CCC(C(C)C)C(N(CC2CCNCC2)C(C)C)C1. The van der Waals surface area contributed by atoms with Crippen molar-refractivity contribution in [3.63, 3.8) is 0 Å². The molecule has 0 aromatic carbocycles. The molecular formula is C19H38N2. The van der Waals surface area contributed by atoms with Gasteiger partial charge in [0, 0.05) is 18.6 Å². The van der Waals surface area contributed by atoms with Gasteiger partial charge in [0.05, 0.1) is 0 Å². The first-order chi connectivity index (χ1) is 9.99. The van der Waals surface area contributed by atoms with E-state index in [1.807, 2.05) is 0 Å². The maximum atomic E-state index is 3.51. The number of rotatable bonds is 5. The number of hydrogen-bond acceptors (Lipinski definition) is 2. The highest BCUT2D eigenvalue weighted by atomic mass is 15.2. The topological polar surface area (TPSA) is 15.3 Å². The summed E-state index contributed by atoms with van der Waals surface area (Å²) >= 11 is 0. The first-order valence-electron chi connectivity index (χ1n) is 9.45. The lowest BCUT2D eigenvalue weighted by atomic mass is 9.72. The van der Waals surface area contributed by atoms with E-state index in [4.69, 9.17) is 0 Å². The number of nitrogens with one attached hydrogen (secondary N) is 1. The van der Waals surface area contributed by atoms with Crippen LogP contribution in [0.3, 0.4) is 0 Å². The lowest BCUT2D eigenvalue weighted by Crippen LogP contribution is -2.51. The van der Waals surface area contributed by atoms with Gasteiger partial charge in [-0.3, -0.25) is 4.90 Å². The Balaban J connectivity index is 2.06. The zero-order valence-corrected chi connectivity index (χ0v) is 15.1. The van der Waals surface area contributed by atoms with Gasteiger partial charge < -0.3 is 5.32 Å². The highest BCUT2D eigenvalue weighted by Crippen LogP contribution is 2.37. The number of nitrogens with zero attached hydrogens (tertiary/aromatic N) is 1. The van der Waals surface area contributed by atoms with E-state index in [1.165, 1.54) is 51.7 Å².